The summed E-state index contributed by atoms with van der Waals surface area (Å²) < 4.78 is 5.25. The lowest BCUT2D eigenvalue weighted by Gasteiger charge is -2.46. The van der Waals surface area contributed by atoms with Crippen LogP contribution < -0.4 is 5.32 Å². The summed E-state index contributed by atoms with van der Waals surface area (Å²) in [7, 11) is 0. The minimum Gasteiger partial charge on any atom is -0.396 e. The molecule has 7 atom stereocenters. The number of hydrogen-bond acceptors (Lipinski definition) is 7. The first-order valence-corrected chi connectivity index (χ1v) is 10.8. The van der Waals surface area contributed by atoms with Crippen molar-refractivity contribution in [2.24, 2.45) is 5.92 Å². The summed E-state index contributed by atoms with van der Waals surface area (Å²) in [5, 5.41) is 42.7. The molecule has 0 spiro atoms. The van der Waals surface area contributed by atoms with Crippen molar-refractivity contribution in [3.05, 3.63) is 12.2 Å². The zero-order valence-electron chi connectivity index (χ0n) is 16.7. The second-order valence-corrected chi connectivity index (χ2v) is 8.53. The van der Waals surface area contributed by atoms with E-state index in [2.05, 4.69) is 5.32 Å². The highest BCUT2D eigenvalue weighted by Crippen LogP contribution is 2.50. The third kappa shape index (κ3) is 4.88. The van der Waals surface area contributed by atoms with E-state index in [1.165, 1.54) is 6.08 Å². The Hall–Kier alpha value is -1.32. The molecule has 1 saturated heterocycles. The van der Waals surface area contributed by atoms with Gasteiger partial charge in [0, 0.05) is 13.0 Å². The maximum Gasteiger partial charge on any atom is 0.243 e. The Morgan fingerprint density at radius 2 is 1.76 bits per heavy atom. The molecule has 1 amide bonds. The Bertz CT molecular complexity index is 624. The molecule has 2 aliphatic carbocycles. The molecule has 0 unspecified atom stereocenters. The number of hydrogen-bond donors (Lipinski definition) is 5. The molecule has 8 nitrogen and oxygen atoms in total. The zero-order chi connectivity index (χ0) is 21.0. The standard InChI is InChI=1S/C21H33NO7/c23-11-9-7-5-3-1-2-4-6-8-10-14(24)22-13-12-21(28)19(27)15(16(13)25)17(26)18-20(21)29-18/h8,10,13,15-18,20,23,25-26,28H,1-7,9,11-12H2,(H,22,24)/b10-8+/t13-,15-,16-,17-,18-,20+,21+/m0/s1. The van der Waals surface area contributed by atoms with Crippen LogP contribution in [-0.4, -0.2) is 74.8 Å². The van der Waals surface area contributed by atoms with Crippen molar-refractivity contribution in [2.75, 3.05) is 6.61 Å². The third-order valence-corrected chi connectivity index (χ3v) is 6.37. The fraction of sp³-hybridized carbons (Fsp3) is 0.810. The van der Waals surface area contributed by atoms with Gasteiger partial charge in [0.25, 0.3) is 0 Å². The lowest BCUT2D eigenvalue weighted by Crippen LogP contribution is -2.69. The minimum atomic E-state index is -1.76. The lowest BCUT2D eigenvalue weighted by molar-refractivity contribution is -0.171. The van der Waals surface area contributed by atoms with Crippen LogP contribution in [0, 0.1) is 5.92 Å². The second kappa shape index (κ2) is 9.66. The number of unbranched alkanes of at least 4 members (excludes halogenated alkanes) is 7. The Labute approximate surface area is 170 Å². The quantitative estimate of drug-likeness (QED) is 0.183. The summed E-state index contributed by atoms with van der Waals surface area (Å²) >= 11 is 0. The number of nitrogens with one attached hydrogen (secondary N) is 1. The summed E-state index contributed by atoms with van der Waals surface area (Å²) in [5.41, 5.74) is -1.76. The Kier molecular flexibility index (Phi) is 7.45. The molecule has 164 valence electrons. The number of ketones is 1. The van der Waals surface area contributed by atoms with Gasteiger partial charge in [-0.1, -0.05) is 38.2 Å². The summed E-state index contributed by atoms with van der Waals surface area (Å²) in [5.74, 6) is -2.14. The number of carbonyl (C=O) groups excluding carboxylic acids is 2. The molecule has 29 heavy (non-hydrogen) atoms. The van der Waals surface area contributed by atoms with Gasteiger partial charge in [-0.3, -0.25) is 9.59 Å². The van der Waals surface area contributed by atoms with Gasteiger partial charge < -0.3 is 30.5 Å². The van der Waals surface area contributed by atoms with E-state index in [4.69, 9.17) is 9.84 Å². The van der Waals surface area contributed by atoms with E-state index in [-0.39, 0.29) is 13.0 Å². The Morgan fingerprint density at radius 1 is 1.10 bits per heavy atom. The molecule has 0 aromatic heterocycles. The van der Waals surface area contributed by atoms with E-state index >= 15 is 0 Å². The summed E-state index contributed by atoms with van der Waals surface area (Å²) in [6.07, 6.45) is 7.49. The van der Waals surface area contributed by atoms with Gasteiger partial charge in [-0.25, -0.2) is 0 Å². The molecule has 1 heterocycles. The fourth-order valence-corrected chi connectivity index (χ4v) is 4.65. The van der Waals surface area contributed by atoms with Crippen molar-refractivity contribution in [1.82, 2.24) is 5.32 Å². The summed E-state index contributed by atoms with van der Waals surface area (Å²) in [6.45, 7) is 0.260. The van der Waals surface area contributed by atoms with Gasteiger partial charge >= 0.3 is 0 Å². The van der Waals surface area contributed by atoms with Crippen LogP contribution in [0.15, 0.2) is 12.2 Å². The van der Waals surface area contributed by atoms with Crippen LogP contribution in [0.4, 0.5) is 0 Å². The number of allylic oxidation sites excluding steroid dienone is 1. The highest BCUT2D eigenvalue weighted by atomic mass is 16.6. The van der Waals surface area contributed by atoms with E-state index < -0.39 is 53.7 Å². The number of aliphatic hydroxyl groups excluding tert-OH is 3. The Morgan fingerprint density at radius 3 is 2.45 bits per heavy atom. The number of amides is 1. The number of rotatable bonds is 11. The number of aliphatic hydroxyl groups is 4. The number of Topliss-reactive ketones (excluding diaryl/α,β-unsaturated/α-hetero) is 1. The zero-order valence-corrected chi connectivity index (χ0v) is 16.7. The van der Waals surface area contributed by atoms with Gasteiger partial charge in [0.15, 0.2) is 11.4 Å². The predicted octanol–water partition coefficient (Wildman–Crippen LogP) is -0.0366. The number of fused-ring (bicyclic) bond motifs is 4. The maximum absolute atomic E-state index is 12.4. The molecule has 8 heteroatoms. The molecule has 3 fully saturated rings. The molecule has 2 bridgehead atoms. The monoisotopic (exact) mass is 411 g/mol. The molecule has 3 rings (SSSR count). The largest absolute Gasteiger partial charge is 0.396 e. The van der Waals surface area contributed by atoms with Crippen LogP contribution in [-0.2, 0) is 14.3 Å². The van der Waals surface area contributed by atoms with Crippen LogP contribution >= 0.6 is 0 Å². The van der Waals surface area contributed by atoms with E-state index in [1.807, 2.05) is 0 Å². The first kappa shape index (κ1) is 22.4. The van der Waals surface area contributed by atoms with Crippen molar-refractivity contribution in [3.63, 3.8) is 0 Å². The van der Waals surface area contributed by atoms with E-state index in [1.54, 1.807) is 6.08 Å². The van der Waals surface area contributed by atoms with Gasteiger partial charge in [0.05, 0.1) is 24.2 Å². The van der Waals surface area contributed by atoms with Crippen LogP contribution in [0.5, 0.6) is 0 Å². The van der Waals surface area contributed by atoms with Crippen molar-refractivity contribution >= 4 is 11.7 Å². The molecule has 5 N–H and O–H groups in total. The molecule has 0 radical (unpaired) electrons. The Balaban J connectivity index is 1.38. The van der Waals surface area contributed by atoms with Crippen molar-refractivity contribution < 1.29 is 34.8 Å². The normalized spacial score (nSPS) is 38.1. The SMILES string of the molecule is O=C(/C=C/CCCCCCCCCO)N[C@H]1C[C@@]2(O)C(=O)[C@H]([C@H](O)[C@@H]3O[C@H]32)[C@H]1O. The average Bonchev–Trinajstić information content (AvgIpc) is 3.49. The highest BCUT2D eigenvalue weighted by Gasteiger charge is 2.72. The predicted molar refractivity (Wildman–Crippen MR) is 104 cm³/mol. The molecular weight excluding hydrogens is 378 g/mol. The topological polar surface area (TPSA) is 140 Å². The van der Waals surface area contributed by atoms with Gasteiger partial charge in [0.2, 0.25) is 5.91 Å². The van der Waals surface area contributed by atoms with Crippen LogP contribution in [0.2, 0.25) is 0 Å². The van der Waals surface area contributed by atoms with E-state index in [0.29, 0.717) is 0 Å². The lowest BCUT2D eigenvalue weighted by atomic mass is 9.64. The molecule has 2 saturated carbocycles. The third-order valence-electron chi connectivity index (χ3n) is 6.37. The van der Waals surface area contributed by atoms with Gasteiger partial charge in [0.1, 0.15) is 12.2 Å². The van der Waals surface area contributed by atoms with Crippen molar-refractivity contribution in [3.8, 4) is 0 Å². The summed E-state index contributed by atoms with van der Waals surface area (Å²) in [4.78, 5) is 24.6. The van der Waals surface area contributed by atoms with Crippen LogP contribution in [0.1, 0.15) is 57.8 Å². The summed E-state index contributed by atoms with van der Waals surface area (Å²) in [6, 6.07) is -0.821. The fourth-order valence-electron chi connectivity index (χ4n) is 4.65. The molecule has 3 aliphatic rings. The molecule has 0 aromatic carbocycles. The minimum absolute atomic E-state index is 0.118. The van der Waals surface area contributed by atoms with Crippen molar-refractivity contribution in [1.29, 1.82) is 0 Å². The molecule has 1 aliphatic heterocycles. The maximum atomic E-state index is 12.4. The van der Waals surface area contributed by atoms with Gasteiger partial charge in [-0.2, -0.15) is 0 Å². The van der Waals surface area contributed by atoms with Gasteiger partial charge in [-0.05, 0) is 25.3 Å². The first-order valence-electron chi connectivity index (χ1n) is 10.8. The first-order chi connectivity index (χ1) is 13.9. The second-order valence-electron chi connectivity index (χ2n) is 8.53. The van der Waals surface area contributed by atoms with E-state index in [9.17, 15) is 24.9 Å². The average molecular weight is 411 g/mol. The van der Waals surface area contributed by atoms with Crippen LogP contribution in [0.3, 0.4) is 0 Å². The van der Waals surface area contributed by atoms with Crippen molar-refractivity contribution in [2.45, 2.75) is 93.8 Å². The number of ether oxygens (including phenoxy) is 1. The molecule has 0 aromatic rings. The highest BCUT2D eigenvalue weighted by molar-refractivity contribution is 5.94. The van der Waals surface area contributed by atoms with E-state index in [0.717, 1.165) is 51.4 Å². The van der Waals surface area contributed by atoms with Gasteiger partial charge in [-0.15, -0.1) is 0 Å². The number of carbonyl (C=O) groups is 2. The smallest absolute Gasteiger partial charge is 0.243 e. The van der Waals surface area contributed by atoms with Crippen LogP contribution in [0.25, 0.3) is 0 Å². The molecular formula is C21H33NO7. The number of epoxide rings is 1.